The summed E-state index contributed by atoms with van der Waals surface area (Å²) in [5.74, 6) is 1.61. The monoisotopic (exact) mass is 333 g/mol. The van der Waals surface area contributed by atoms with E-state index in [1.54, 1.807) is 0 Å². The van der Waals surface area contributed by atoms with Gasteiger partial charge in [-0.15, -0.1) is 0 Å². The first-order valence-electron chi connectivity index (χ1n) is 7.38. The molecule has 20 heavy (non-hydrogen) atoms. The number of pyridine rings is 2. The molecule has 0 bridgehead atoms. The van der Waals surface area contributed by atoms with Crippen molar-refractivity contribution in [2.75, 3.05) is 11.9 Å². The molecule has 3 rings (SSSR count). The number of nitrogens with one attached hydrogen (secondary N) is 1. The Labute approximate surface area is 128 Å². The fraction of sp³-hybridized carbons (Fsp3) is 0.500. The standard InChI is InChI=1S/C16H20BrN3/c1-11-4-2-3-5-12(11)9-19-14-6-7-18-15-8-13(17)10-20-16(14)15/h6-8,10-12H,2-5,9H2,1H3,(H,18,19). The second kappa shape index (κ2) is 6.08. The number of halogens is 1. The summed E-state index contributed by atoms with van der Waals surface area (Å²) >= 11 is 3.44. The minimum atomic E-state index is 0.780. The molecule has 1 saturated carbocycles. The molecule has 2 aromatic rings. The summed E-state index contributed by atoms with van der Waals surface area (Å²) in [5, 5.41) is 3.59. The van der Waals surface area contributed by atoms with Crippen molar-refractivity contribution in [3.8, 4) is 0 Å². The van der Waals surface area contributed by atoms with Crippen LogP contribution in [0.1, 0.15) is 32.6 Å². The molecule has 0 radical (unpaired) electrons. The molecule has 2 unspecified atom stereocenters. The highest BCUT2D eigenvalue weighted by Crippen LogP contribution is 2.30. The number of fused-ring (bicyclic) bond motifs is 1. The number of nitrogens with zero attached hydrogens (tertiary/aromatic N) is 2. The van der Waals surface area contributed by atoms with E-state index in [-0.39, 0.29) is 0 Å². The van der Waals surface area contributed by atoms with Gasteiger partial charge in [0, 0.05) is 23.4 Å². The summed E-state index contributed by atoms with van der Waals surface area (Å²) in [7, 11) is 0. The van der Waals surface area contributed by atoms with Gasteiger partial charge in [-0.2, -0.15) is 0 Å². The van der Waals surface area contributed by atoms with E-state index in [0.29, 0.717) is 0 Å². The Morgan fingerprint density at radius 2 is 2.15 bits per heavy atom. The van der Waals surface area contributed by atoms with Crippen molar-refractivity contribution < 1.29 is 0 Å². The molecule has 0 spiro atoms. The van der Waals surface area contributed by atoms with E-state index in [1.165, 1.54) is 25.7 Å². The van der Waals surface area contributed by atoms with E-state index in [4.69, 9.17) is 0 Å². The van der Waals surface area contributed by atoms with E-state index in [9.17, 15) is 0 Å². The topological polar surface area (TPSA) is 37.8 Å². The molecule has 3 nitrogen and oxygen atoms in total. The molecule has 1 fully saturated rings. The van der Waals surface area contributed by atoms with E-state index in [0.717, 1.165) is 39.6 Å². The molecule has 0 aliphatic heterocycles. The fourth-order valence-corrected chi connectivity index (χ4v) is 3.40. The molecule has 2 heterocycles. The minimum Gasteiger partial charge on any atom is -0.383 e. The smallest absolute Gasteiger partial charge is 0.112 e. The third-order valence-electron chi connectivity index (χ3n) is 4.39. The molecule has 106 valence electrons. The summed E-state index contributed by atoms with van der Waals surface area (Å²) in [5.41, 5.74) is 2.99. The van der Waals surface area contributed by atoms with Crippen LogP contribution in [0, 0.1) is 11.8 Å². The van der Waals surface area contributed by atoms with Crippen LogP contribution in [-0.4, -0.2) is 16.5 Å². The third-order valence-corrected chi connectivity index (χ3v) is 4.82. The molecular formula is C16H20BrN3. The predicted molar refractivity (Wildman–Crippen MR) is 86.8 cm³/mol. The number of hydrogen-bond acceptors (Lipinski definition) is 3. The lowest BCUT2D eigenvalue weighted by Gasteiger charge is -2.29. The molecule has 0 saturated heterocycles. The normalized spacial score (nSPS) is 22.9. The van der Waals surface area contributed by atoms with Crippen LogP contribution in [-0.2, 0) is 0 Å². The van der Waals surface area contributed by atoms with E-state index in [2.05, 4.69) is 38.1 Å². The van der Waals surface area contributed by atoms with Crippen molar-refractivity contribution >= 4 is 32.7 Å². The van der Waals surface area contributed by atoms with Crippen molar-refractivity contribution in [2.24, 2.45) is 11.8 Å². The summed E-state index contributed by atoms with van der Waals surface area (Å²) in [6.07, 6.45) is 9.16. The molecule has 0 aromatic carbocycles. The van der Waals surface area contributed by atoms with Crippen molar-refractivity contribution in [1.82, 2.24) is 9.97 Å². The highest BCUT2D eigenvalue weighted by Gasteiger charge is 2.21. The van der Waals surface area contributed by atoms with Crippen LogP contribution in [0.15, 0.2) is 29.0 Å². The van der Waals surface area contributed by atoms with Crippen LogP contribution in [0.3, 0.4) is 0 Å². The lowest BCUT2D eigenvalue weighted by atomic mass is 9.80. The van der Waals surface area contributed by atoms with Gasteiger partial charge in [0.1, 0.15) is 5.52 Å². The van der Waals surface area contributed by atoms with E-state index < -0.39 is 0 Å². The summed E-state index contributed by atoms with van der Waals surface area (Å²) in [4.78, 5) is 8.87. The Kier molecular flexibility index (Phi) is 4.20. The van der Waals surface area contributed by atoms with E-state index in [1.807, 2.05) is 24.5 Å². The number of hydrogen-bond donors (Lipinski definition) is 1. The van der Waals surface area contributed by atoms with Gasteiger partial charge in [0.05, 0.1) is 11.2 Å². The average Bonchev–Trinajstić information content (AvgIpc) is 2.46. The van der Waals surface area contributed by atoms with Crippen LogP contribution in [0.2, 0.25) is 0 Å². The molecule has 1 aliphatic carbocycles. The molecule has 2 aromatic heterocycles. The van der Waals surface area contributed by atoms with Crippen molar-refractivity contribution in [2.45, 2.75) is 32.6 Å². The second-order valence-corrected chi connectivity index (χ2v) is 6.70. The van der Waals surface area contributed by atoms with Gasteiger partial charge in [0.2, 0.25) is 0 Å². The summed E-state index contributed by atoms with van der Waals surface area (Å²) in [6.45, 7) is 3.42. The maximum atomic E-state index is 4.49. The van der Waals surface area contributed by atoms with Gasteiger partial charge in [0.15, 0.2) is 0 Å². The Morgan fingerprint density at radius 3 is 3.00 bits per heavy atom. The first-order chi connectivity index (χ1) is 9.74. The average molecular weight is 334 g/mol. The van der Waals surface area contributed by atoms with Crippen LogP contribution in [0.5, 0.6) is 0 Å². The lowest BCUT2D eigenvalue weighted by Crippen LogP contribution is -2.24. The minimum absolute atomic E-state index is 0.780. The van der Waals surface area contributed by atoms with Crippen LogP contribution in [0.4, 0.5) is 5.69 Å². The van der Waals surface area contributed by atoms with Crippen LogP contribution in [0.25, 0.3) is 11.0 Å². The van der Waals surface area contributed by atoms with Gasteiger partial charge in [0.25, 0.3) is 0 Å². The summed E-state index contributed by atoms with van der Waals surface area (Å²) < 4.78 is 0.968. The Balaban J connectivity index is 1.77. The zero-order chi connectivity index (χ0) is 13.9. The maximum absolute atomic E-state index is 4.49. The zero-order valence-electron chi connectivity index (χ0n) is 11.8. The van der Waals surface area contributed by atoms with Crippen LogP contribution >= 0.6 is 15.9 Å². The Bertz CT molecular complexity index is 599. The molecule has 1 N–H and O–H groups in total. The third kappa shape index (κ3) is 2.95. The number of anilines is 1. The second-order valence-electron chi connectivity index (χ2n) is 5.78. The Hall–Kier alpha value is -1.16. The molecule has 4 heteroatoms. The van der Waals surface area contributed by atoms with Gasteiger partial charge in [-0.3, -0.25) is 9.97 Å². The zero-order valence-corrected chi connectivity index (χ0v) is 13.4. The highest BCUT2D eigenvalue weighted by atomic mass is 79.9. The SMILES string of the molecule is CC1CCCCC1CNc1ccnc2cc(Br)cnc12. The quantitative estimate of drug-likeness (QED) is 0.889. The molecular weight excluding hydrogens is 314 g/mol. The fourth-order valence-electron chi connectivity index (χ4n) is 3.09. The van der Waals surface area contributed by atoms with Gasteiger partial charge >= 0.3 is 0 Å². The van der Waals surface area contributed by atoms with Gasteiger partial charge < -0.3 is 5.32 Å². The van der Waals surface area contributed by atoms with Gasteiger partial charge in [-0.05, 0) is 46.3 Å². The van der Waals surface area contributed by atoms with E-state index >= 15 is 0 Å². The highest BCUT2D eigenvalue weighted by molar-refractivity contribution is 9.10. The number of rotatable bonds is 3. The van der Waals surface area contributed by atoms with Crippen molar-refractivity contribution in [3.05, 3.63) is 29.0 Å². The van der Waals surface area contributed by atoms with Crippen molar-refractivity contribution in [1.29, 1.82) is 0 Å². The first kappa shape index (κ1) is 13.8. The number of aromatic nitrogens is 2. The summed E-state index contributed by atoms with van der Waals surface area (Å²) in [6, 6.07) is 4.04. The molecule has 2 atom stereocenters. The maximum Gasteiger partial charge on any atom is 0.112 e. The van der Waals surface area contributed by atoms with Gasteiger partial charge in [-0.1, -0.05) is 26.2 Å². The first-order valence-corrected chi connectivity index (χ1v) is 8.17. The predicted octanol–water partition coefficient (Wildman–Crippen LogP) is 4.63. The molecule has 1 aliphatic rings. The Morgan fingerprint density at radius 1 is 1.30 bits per heavy atom. The largest absolute Gasteiger partial charge is 0.383 e. The van der Waals surface area contributed by atoms with Crippen LogP contribution < -0.4 is 5.32 Å². The van der Waals surface area contributed by atoms with Gasteiger partial charge in [-0.25, -0.2) is 0 Å². The molecule has 0 amide bonds. The van der Waals surface area contributed by atoms with Crippen molar-refractivity contribution in [3.63, 3.8) is 0 Å². The lowest BCUT2D eigenvalue weighted by molar-refractivity contribution is 0.268.